The van der Waals surface area contributed by atoms with Gasteiger partial charge in [-0.25, -0.2) is 9.59 Å². The molecule has 0 fully saturated rings. The Balaban J connectivity index is 2.01. The first kappa shape index (κ1) is 14.8. The van der Waals surface area contributed by atoms with E-state index in [9.17, 15) is 14.7 Å². The minimum absolute atomic E-state index is 0.0111. The molecule has 3 N–H and O–H groups in total. The maximum atomic E-state index is 11.7. The van der Waals surface area contributed by atoms with Crippen molar-refractivity contribution in [2.45, 2.75) is 12.6 Å². The van der Waals surface area contributed by atoms with Crippen LogP contribution in [-0.4, -0.2) is 27.2 Å². The molecule has 1 aromatic carbocycles. The van der Waals surface area contributed by atoms with Crippen molar-refractivity contribution in [3.63, 3.8) is 0 Å². The van der Waals surface area contributed by atoms with E-state index in [0.717, 1.165) is 6.39 Å². The highest BCUT2D eigenvalue weighted by molar-refractivity contribution is 6.31. The van der Waals surface area contributed by atoms with E-state index in [4.69, 9.17) is 11.6 Å². The van der Waals surface area contributed by atoms with Crippen LogP contribution >= 0.6 is 11.6 Å². The number of hydrogen-bond donors (Lipinski definition) is 3. The molecule has 0 spiro atoms. The number of rotatable bonds is 5. The molecule has 1 aromatic heterocycles. The lowest BCUT2D eigenvalue weighted by molar-refractivity contribution is -0.139. The van der Waals surface area contributed by atoms with E-state index in [1.807, 2.05) is 0 Å². The summed E-state index contributed by atoms with van der Waals surface area (Å²) in [5.74, 6) is -0.951. The first-order chi connectivity index (χ1) is 10.1. The van der Waals surface area contributed by atoms with Gasteiger partial charge in [0.05, 0.1) is 6.54 Å². The van der Waals surface area contributed by atoms with Crippen molar-refractivity contribution in [2.24, 2.45) is 0 Å². The highest BCUT2D eigenvalue weighted by Gasteiger charge is 2.24. The summed E-state index contributed by atoms with van der Waals surface area (Å²) in [6, 6.07) is 4.43. The number of nitrogens with zero attached hydrogens (tertiary/aromatic N) is 2. The van der Waals surface area contributed by atoms with E-state index in [2.05, 4.69) is 25.3 Å². The molecule has 0 aliphatic heterocycles. The molecule has 2 rings (SSSR count). The summed E-state index contributed by atoms with van der Waals surface area (Å²) in [5.41, 5.74) is 0.293. The first-order valence-corrected chi connectivity index (χ1v) is 6.22. The molecular formula is C12H11ClN4O4. The smallest absolute Gasteiger partial charge is 0.331 e. The quantitative estimate of drug-likeness (QED) is 0.767. The van der Waals surface area contributed by atoms with Crippen molar-refractivity contribution in [2.75, 3.05) is 0 Å². The van der Waals surface area contributed by atoms with Crippen molar-refractivity contribution >= 4 is 23.6 Å². The van der Waals surface area contributed by atoms with Crippen LogP contribution < -0.4 is 10.6 Å². The second-order valence-corrected chi connectivity index (χ2v) is 4.37. The van der Waals surface area contributed by atoms with Crippen LogP contribution in [0, 0.1) is 0 Å². The molecule has 21 heavy (non-hydrogen) atoms. The maximum absolute atomic E-state index is 11.7. The van der Waals surface area contributed by atoms with Crippen LogP contribution in [0.2, 0.25) is 5.02 Å². The van der Waals surface area contributed by atoms with Gasteiger partial charge in [0.2, 0.25) is 6.39 Å². The average Bonchev–Trinajstić information content (AvgIpc) is 2.96. The fraction of sp³-hybridized carbons (Fsp3) is 0.167. The van der Waals surface area contributed by atoms with Gasteiger partial charge < -0.3 is 20.3 Å². The number of aromatic nitrogens is 2. The number of hydrogen-bond acceptors (Lipinski definition) is 5. The van der Waals surface area contributed by atoms with Gasteiger partial charge in [0, 0.05) is 10.6 Å². The Hall–Kier alpha value is -2.61. The average molecular weight is 311 g/mol. The molecule has 8 nitrogen and oxygen atoms in total. The van der Waals surface area contributed by atoms with Crippen LogP contribution in [-0.2, 0) is 11.3 Å². The summed E-state index contributed by atoms with van der Waals surface area (Å²) in [5, 5.41) is 17.7. The first-order valence-electron chi connectivity index (χ1n) is 5.85. The molecule has 2 aromatic rings. The fourth-order valence-electron chi connectivity index (χ4n) is 1.59. The Morgan fingerprint density at radius 3 is 2.76 bits per heavy atom. The number of nitrogens with one attached hydrogen (secondary N) is 2. The topological polar surface area (TPSA) is 117 Å². The van der Waals surface area contributed by atoms with Gasteiger partial charge in [-0.2, -0.15) is 4.98 Å². The summed E-state index contributed by atoms with van der Waals surface area (Å²) in [6.07, 6.45) is 1.12. The lowest BCUT2D eigenvalue weighted by Gasteiger charge is -2.16. The SMILES string of the molecule is O=C(NCc1ncon1)N[C@@H](C(=O)O)c1ccccc1Cl. The molecule has 0 saturated heterocycles. The highest BCUT2D eigenvalue weighted by Crippen LogP contribution is 2.22. The second-order valence-electron chi connectivity index (χ2n) is 3.97. The Bertz CT molecular complexity index is 632. The molecule has 0 radical (unpaired) electrons. The van der Waals surface area contributed by atoms with Crippen molar-refractivity contribution in [3.8, 4) is 0 Å². The molecule has 0 aliphatic carbocycles. The zero-order valence-corrected chi connectivity index (χ0v) is 11.4. The zero-order chi connectivity index (χ0) is 15.2. The molecule has 110 valence electrons. The van der Waals surface area contributed by atoms with Crippen LogP contribution in [0.25, 0.3) is 0 Å². The van der Waals surface area contributed by atoms with Crippen molar-refractivity contribution in [1.29, 1.82) is 0 Å². The van der Waals surface area contributed by atoms with Gasteiger partial charge in [-0.15, -0.1) is 0 Å². The summed E-state index contributed by atoms with van der Waals surface area (Å²) in [4.78, 5) is 26.7. The second kappa shape index (κ2) is 6.71. The van der Waals surface area contributed by atoms with Crippen molar-refractivity contribution in [1.82, 2.24) is 20.8 Å². The molecule has 1 heterocycles. The molecule has 0 unspecified atom stereocenters. The predicted molar refractivity (Wildman–Crippen MR) is 71.5 cm³/mol. The van der Waals surface area contributed by atoms with Crippen LogP contribution in [0.5, 0.6) is 0 Å². The summed E-state index contributed by atoms with van der Waals surface area (Å²) in [6.45, 7) is 0.0111. The van der Waals surface area contributed by atoms with Crippen molar-refractivity contribution in [3.05, 3.63) is 47.1 Å². The minimum Gasteiger partial charge on any atom is -0.479 e. The van der Waals surface area contributed by atoms with Crippen LogP contribution in [0.1, 0.15) is 17.4 Å². The highest BCUT2D eigenvalue weighted by atomic mass is 35.5. The van der Waals surface area contributed by atoms with E-state index >= 15 is 0 Å². The third-order valence-corrected chi connectivity index (χ3v) is 2.90. The van der Waals surface area contributed by atoms with Crippen LogP contribution in [0.3, 0.4) is 0 Å². The van der Waals surface area contributed by atoms with Gasteiger partial charge in [0.15, 0.2) is 11.9 Å². The monoisotopic (exact) mass is 310 g/mol. The lowest BCUT2D eigenvalue weighted by Crippen LogP contribution is -2.40. The Morgan fingerprint density at radius 1 is 1.38 bits per heavy atom. The van der Waals surface area contributed by atoms with E-state index in [-0.39, 0.29) is 17.4 Å². The molecule has 2 amide bonds. The number of carbonyl (C=O) groups excluding carboxylic acids is 1. The van der Waals surface area contributed by atoms with Gasteiger partial charge in [-0.1, -0.05) is 35.0 Å². The van der Waals surface area contributed by atoms with E-state index < -0.39 is 18.0 Å². The molecular weight excluding hydrogens is 300 g/mol. The number of amides is 2. The van der Waals surface area contributed by atoms with E-state index in [0.29, 0.717) is 5.56 Å². The molecule has 0 aliphatic rings. The Kier molecular flexibility index (Phi) is 4.72. The van der Waals surface area contributed by atoms with E-state index in [1.165, 1.54) is 6.07 Å². The third kappa shape index (κ3) is 3.93. The van der Waals surface area contributed by atoms with Crippen LogP contribution in [0.4, 0.5) is 4.79 Å². The zero-order valence-electron chi connectivity index (χ0n) is 10.6. The number of carboxylic acids is 1. The van der Waals surface area contributed by atoms with Crippen LogP contribution in [0.15, 0.2) is 35.2 Å². The molecule has 1 atom stereocenters. The van der Waals surface area contributed by atoms with E-state index in [1.54, 1.807) is 18.2 Å². The third-order valence-electron chi connectivity index (χ3n) is 2.55. The molecule has 9 heteroatoms. The van der Waals surface area contributed by atoms with Gasteiger partial charge in [-0.3, -0.25) is 0 Å². The number of halogens is 1. The minimum atomic E-state index is -1.26. The molecule has 0 saturated carbocycles. The fourth-order valence-corrected chi connectivity index (χ4v) is 1.84. The normalized spacial score (nSPS) is 11.7. The number of carbonyl (C=O) groups is 2. The molecule has 0 bridgehead atoms. The predicted octanol–water partition coefficient (Wildman–Crippen LogP) is 1.35. The summed E-state index contributed by atoms with van der Waals surface area (Å²) < 4.78 is 4.51. The van der Waals surface area contributed by atoms with Gasteiger partial charge in [0.25, 0.3) is 0 Å². The number of carboxylic acid groups (broad SMARTS) is 1. The lowest BCUT2D eigenvalue weighted by atomic mass is 10.1. The van der Waals surface area contributed by atoms with Gasteiger partial charge >= 0.3 is 12.0 Å². The number of urea groups is 1. The number of aliphatic carboxylic acids is 1. The largest absolute Gasteiger partial charge is 0.479 e. The maximum Gasteiger partial charge on any atom is 0.331 e. The van der Waals surface area contributed by atoms with Crippen molar-refractivity contribution < 1.29 is 19.2 Å². The van der Waals surface area contributed by atoms with Gasteiger partial charge in [-0.05, 0) is 6.07 Å². The standard InChI is InChI=1S/C12H11ClN4O4/c13-8-4-2-1-3-7(8)10(11(18)19)16-12(20)14-5-9-15-6-21-17-9/h1-4,6,10H,5H2,(H,18,19)(H2,14,16,20)/t10-/m1/s1. The Labute approximate surface area is 124 Å². The summed E-state index contributed by atoms with van der Waals surface area (Å²) >= 11 is 5.94. The number of benzene rings is 1. The Morgan fingerprint density at radius 2 is 2.14 bits per heavy atom. The van der Waals surface area contributed by atoms with Gasteiger partial charge in [0.1, 0.15) is 0 Å². The summed E-state index contributed by atoms with van der Waals surface area (Å²) in [7, 11) is 0.